The molecule has 0 aromatic heterocycles. The second-order valence-electron chi connectivity index (χ2n) is 3.14. The zero-order valence-electron chi connectivity index (χ0n) is 8.96. The number of hydroxylamine groups is 1. The molecule has 16 heavy (non-hydrogen) atoms. The van der Waals surface area contributed by atoms with Crippen LogP contribution in [-0.4, -0.2) is 17.4 Å². The second kappa shape index (κ2) is 6.36. The summed E-state index contributed by atoms with van der Waals surface area (Å²) in [6.45, 7) is 1.90. The van der Waals surface area contributed by atoms with Gasteiger partial charge in [0.2, 0.25) is 5.96 Å². The van der Waals surface area contributed by atoms with Gasteiger partial charge in [0.1, 0.15) is 0 Å². The standard InChI is InChI=1S/C11H14N4O/c1-9(8-13-14-11(12)15-16)7-10-5-3-2-4-6-10/h2-8,16H,1H3,(H3,12,14,15)/b9-7+,13-8+. The molecule has 0 aliphatic carbocycles. The van der Waals surface area contributed by atoms with Crippen LogP contribution < -0.4 is 11.2 Å². The molecular formula is C11H14N4O. The van der Waals surface area contributed by atoms with Crippen LogP contribution in [-0.2, 0) is 0 Å². The van der Waals surface area contributed by atoms with Gasteiger partial charge in [-0.3, -0.25) is 5.21 Å². The third-order valence-electron chi connectivity index (χ3n) is 1.74. The minimum absolute atomic E-state index is 0.149. The third-order valence-corrected chi connectivity index (χ3v) is 1.74. The predicted octanol–water partition coefficient (Wildman–Crippen LogP) is 1.37. The summed E-state index contributed by atoms with van der Waals surface area (Å²) < 4.78 is 0. The Kier molecular flexibility index (Phi) is 4.75. The first kappa shape index (κ1) is 11.9. The number of nitrogens with zero attached hydrogens (tertiary/aromatic N) is 2. The van der Waals surface area contributed by atoms with E-state index in [9.17, 15) is 0 Å². The van der Waals surface area contributed by atoms with E-state index < -0.39 is 0 Å². The maximum Gasteiger partial charge on any atom is 0.237 e. The molecule has 0 unspecified atom stereocenters. The Morgan fingerprint density at radius 1 is 1.38 bits per heavy atom. The average Bonchev–Trinajstić information content (AvgIpc) is 2.30. The SMILES string of the molecule is CC(/C=N/N=C(/N)NO)=C\c1ccccc1. The first-order valence-corrected chi connectivity index (χ1v) is 4.72. The Bertz CT molecular complexity index is 409. The lowest BCUT2D eigenvalue weighted by atomic mass is 10.1. The molecule has 5 nitrogen and oxygen atoms in total. The smallest absolute Gasteiger partial charge is 0.237 e. The van der Waals surface area contributed by atoms with Crippen molar-refractivity contribution in [3.05, 3.63) is 41.5 Å². The second-order valence-corrected chi connectivity index (χ2v) is 3.14. The number of allylic oxidation sites excluding steroid dienone is 1. The molecule has 0 heterocycles. The number of guanidine groups is 1. The van der Waals surface area contributed by atoms with Gasteiger partial charge < -0.3 is 5.73 Å². The molecule has 0 saturated carbocycles. The fourth-order valence-corrected chi connectivity index (χ4v) is 1.05. The minimum atomic E-state index is -0.149. The molecule has 0 aliphatic heterocycles. The molecule has 5 heteroatoms. The van der Waals surface area contributed by atoms with Crippen molar-refractivity contribution in [3.63, 3.8) is 0 Å². The zero-order valence-corrected chi connectivity index (χ0v) is 8.96. The predicted molar refractivity (Wildman–Crippen MR) is 65.1 cm³/mol. The fourth-order valence-electron chi connectivity index (χ4n) is 1.05. The molecule has 0 atom stereocenters. The summed E-state index contributed by atoms with van der Waals surface area (Å²) in [4.78, 5) is 0. The Morgan fingerprint density at radius 2 is 2.06 bits per heavy atom. The van der Waals surface area contributed by atoms with E-state index in [0.29, 0.717) is 0 Å². The Balaban J connectivity index is 2.66. The van der Waals surface area contributed by atoms with Crippen molar-refractivity contribution in [1.29, 1.82) is 0 Å². The normalized spacial score (nSPS) is 13.1. The number of benzene rings is 1. The number of hydrogen-bond acceptors (Lipinski definition) is 3. The van der Waals surface area contributed by atoms with Crippen LogP contribution in [0.5, 0.6) is 0 Å². The van der Waals surface area contributed by atoms with E-state index >= 15 is 0 Å². The van der Waals surface area contributed by atoms with Crippen LogP contribution in [0.2, 0.25) is 0 Å². The zero-order chi connectivity index (χ0) is 11.8. The van der Waals surface area contributed by atoms with Gasteiger partial charge in [-0.25, -0.2) is 5.48 Å². The minimum Gasteiger partial charge on any atom is -0.367 e. The van der Waals surface area contributed by atoms with Crippen molar-refractivity contribution in [2.75, 3.05) is 0 Å². The summed E-state index contributed by atoms with van der Waals surface area (Å²) in [5.74, 6) is -0.149. The van der Waals surface area contributed by atoms with Crippen molar-refractivity contribution in [1.82, 2.24) is 5.48 Å². The van der Waals surface area contributed by atoms with Gasteiger partial charge >= 0.3 is 0 Å². The molecule has 0 saturated heterocycles. The Morgan fingerprint density at radius 3 is 2.69 bits per heavy atom. The lowest BCUT2D eigenvalue weighted by molar-refractivity contribution is 0.232. The summed E-state index contributed by atoms with van der Waals surface area (Å²) in [5, 5.41) is 15.5. The van der Waals surface area contributed by atoms with Crippen molar-refractivity contribution in [2.24, 2.45) is 15.9 Å². The van der Waals surface area contributed by atoms with Gasteiger partial charge in [0.15, 0.2) is 0 Å². The van der Waals surface area contributed by atoms with E-state index in [0.717, 1.165) is 11.1 Å². The number of nitrogens with two attached hydrogens (primary N) is 1. The number of nitrogens with one attached hydrogen (secondary N) is 1. The monoisotopic (exact) mass is 218 g/mol. The molecule has 4 N–H and O–H groups in total. The van der Waals surface area contributed by atoms with Crippen LogP contribution in [0.15, 0.2) is 46.1 Å². The van der Waals surface area contributed by atoms with E-state index in [1.54, 1.807) is 11.7 Å². The van der Waals surface area contributed by atoms with Crippen molar-refractivity contribution < 1.29 is 5.21 Å². The van der Waals surface area contributed by atoms with Gasteiger partial charge in [-0.2, -0.15) is 5.10 Å². The molecule has 0 bridgehead atoms. The summed E-state index contributed by atoms with van der Waals surface area (Å²) in [6.07, 6.45) is 3.51. The third kappa shape index (κ3) is 4.39. The van der Waals surface area contributed by atoms with Crippen molar-refractivity contribution in [3.8, 4) is 0 Å². The van der Waals surface area contributed by atoms with E-state index in [1.165, 1.54) is 0 Å². The topological polar surface area (TPSA) is 83.0 Å². The fraction of sp³-hybridized carbons (Fsp3) is 0.0909. The van der Waals surface area contributed by atoms with Gasteiger partial charge in [-0.05, 0) is 18.1 Å². The van der Waals surface area contributed by atoms with Gasteiger partial charge in [-0.15, -0.1) is 5.10 Å². The highest BCUT2D eigenvalue weighted by atomic mass is 16.5. The molecule has 1 rings (SSSR count). The molecule has 1 aromatic carbocycles. The summed E-state index contributed by atoms with van der Waals surface area (Å²) in [5.41, 5.74) is 8.87. The average molecular weight is 218 g/mol. The molecule has 0 aliphatic rings. The van der Waals surface area contributed by atoms with Crippen LogP contribution in [0, 0.1) is 0 Å². The van der Waals surface area contributed by atoms with Crippen molar-refractivity contribution in [2.45, 2.75) is 6.92 Å². The molecule has 84 valence electrons. The maximum atomic E-state index is 8.34. The Labute approximate surface area is 94.0 Å². The quantitative estimate of drug-likeness (QED) is 0.407. The molecule has 1 aromatic rings. The number of rotatable bonds is 3. The molecule has 0 spiro atoms. The summed E-state index contributed by atoms with van der Waals surface area (Å²) in [7, 11) is 0. The molecule has 0 fully saturated rings. The lowest BCUT2D eigenvalue weighted by Crippen LogP contribution is -2.27. The van der Waals surface area contributed by atoms with Crippen molar-refractivity contribution >= 4 is 18.3 Å². The Hall–Kier alpha value is -2.14. The van der Waals surface area contributed by atoms with E-state index in [-0.39, 0.29) is 5.96 Å². The van der Waals surface area contributed by atoms with Gasteiger partial charge in [0.05, 0.1) is 6.21 Å². The van der Waals surface area contributed by atoms with Gasteiger partial charge in [0.25, 0.3) is 0 Å². The maximum absolute atomic E-state index is 8.34. The van der Waals surface area contributed by atoms with Crippen LogP contribution in [0.25, 0.3) is 6.08 Å². The van der Waals surface area contributed by atoms with Crippen LogP contribution in [0.1, 0.15) is 12.5 Å². The van der Waals surface area contributed by atoms with Crippen LogP contribution >= 0.6 is 0 Å². The lowest BCUT2D eigenvalue weighted by Gasteiger charge is -1.94. The van der Waals surface area contributed by atoms with Gasteiger partial charge in [-0.1, -0.05) is 36.4 Å². The largest absolute Gasteiger partial charge is 0.367 e. The first-order chi connectivity index (χ1) is 7.72. The first-order valence-electron chi connectivity index (χ1n) is 4.72. The molecular weight excluding hydrogens is 204 g/mol. The van der Waals surface area contributed by atoms with E-state index in [4.69, 9.17) is 10.9 Å². The highest BCUT2D eigenvalue weighted by molar-refractivity contribution is 5.85. The molecule has 0 radical (unpaired) electrons. The van der Waals surface area contributed by atoms with Crippen LogP contribution in [0.3, 0.4) is 0 Å². The van der Waals surface area contributed by atoms with E-state index in [2.05, 4.69) is 10.2 Å². The summed E-state index contributed by atoms with van der Waals surface area (Å²) >= 11 is 0. The van der Waals surface area contributed by atoms with Crippen LogP contribution in [0.4, 0.5) is 0 Å². The number of hydrogen-bond donors (Lipinski definition) is 3. The van der Waals surface area contributed by atoms with Gasteiger partial charge in [0, 0.05) is 0 Å². The van der Waals surface area contributed by atoms with E-state index in [1.807, 2.05) is 43.3 Å². The highest BCUT2D eigenvalue weighted by Crippen LogP contribution is 2.04. The summed E-state index contributed by atoms with van der Waals surface area (Å²) in [6, 6.07) is 9.86. The molecule has 0 amide bonds. The highest BCUT2D eigenvalue weighted by Gasteiger charge is 1.87.